The molecule has 0 bridgehead atoms. The Bertz CT molecular complexity index is 725. The van der Waals surface area contributed by atoms with E-state index in [4.69, 9.17) is 13.9 Å². The zero-order valence-electron chi connectivity index (χ0n) is 14.4. The number of hydrogen-bond donors (Lipinski definition) is 1. The number of methoxy groups -OCH3 is 2. The van der Waals surface area contributed by atoms with Gasteiger partial charge in [-0.25, -0.2) is 4.79 Å². The van der Waals surface area contributed by atoms with Gasteiger partial charge in [-0.3, -0.25) is 4.90 Å². The Morgan fingerprint density at radius 2 is 2.25 bits per heavy atom. The van der Waals surface area contributed by atoms with Gasteiger partial charge in [0, 0.05) is 24.5 Å². The summed E-state index contributed by atoms with van der Waals surface area (Å²) in [4.78, 5) is 14.2. The Balaban J connectivity index is 1.92. The number of carbonyl (C=O) groups excluding carboxylic acids is 1. The molecule has 24 heavy (non-hydrogen) atoms. The number of rotatable bonds is 5. The summed E-state index contributed by atoms with van der Waals surface area (Å²) < 4.78 is 15.8. The second-order valence-corrected chi connectivity index (χ2v) is 6.13. The van der Waals surface area contributed by atoms with E-state index in [-0.39, 0.29) is 5.76 Å². The van der Waals surface area contributed by atoms with Crippen LogP contribution in [0, 0.1) is 0 Å². The molecule has 1 N–H and O–H groups in total. The number of hydrogen-bond acceptors (Lipinski definition) is 6. The highest BCUT2D eigenvalue weighted by atomic mass is 16.5. The summed E-state index contributed by atoms with van der Waals surface area (Å²) in [5.41, 5.74) is 1.72. The fourth-order valence-electron chi connectivity index (χ4n) is 3.33. The van der Waals surface area contributed by atoms with Crippen LogP contribution in [0.4, 0.5) is 0 Å². The van der Waals surface area contributed by atoms with E-state index < -0.39 is 5.97 Å². The molecule has 1 aromatic heterocycles. The summed E-state index contributed by atoms with van der Waals surface area (Å²) in [6.07, 6.45) is 2.40. The number of likely N-dealkylation sites (N-methyl/N-ethyl adjacent to an activating group) is 1. The molecule has 1 atom stereocenters. The number of furan rings is 1. The Kier molecular flexibility index (Phi) is 5.06. The van der Waals surface area contributed by atoms with Crippen LogP contribution in [-0.4, -0.2) is 51.3 Å². The number of ether oxygens (including phenoxy) is 2. The van der Waals surface area contributed by atoms with Crippen molar-refractivity contribution in [1.82, 2.24) is 10.2 Å². The number of nitrogens with one attached hydrogen (secondary N) is 1. The second-order valence-electron chi connectivity index (χ2n) is 6.13. The average molecular weight is 332 g/mol. The lowest BCUT2D eigenvalue weighted by molar-refractivity contribution is 0.0567. The van der Waals surface area contributed by atoms with Crippen LogP contribution in [0.1, 0.15) is 29.0 Å². The van der Waals surface area contributed by atoms with Crippen molar-refractivity contribution < 1.29 is 18.7 Å². The molecule has 0 radical (unpaired) electrons. The lowest BCUT2D eigenvalue weighted by Crippen LogP contribution is -2.43. The van der Waals surface area contributed by atoms with Crippen LogP contribution < -0.4 is 10.1 Å². The number of likely N-dealkylation sites (tertiary alicyclic amines) is 1. The first kappa shape index (κ1) is 16.8. The lowest BCUT2D eigenvalue weighted by atomic mass is 10.0. The number of nitrogens with zero attached hydrogens (tertiary/aromatic N) is 1. The summed E-state index contributed by atoms with van der Waals surface area (Å²) in [6.45, 7) is 2.91. The Morgan fingerprint density at radius 1 is 1.42 bits per heavy atom. The summed E-state index contributed by atoms with van der Waals surface area (Å²) >= 11 is 0. The molecule has 0 saturated carbocycles. The molecule has 2 heterocycles. The van der Waals surface area contributed by atoms with E-state index in [1.54, 1.807) is 13.2 Å². The molecule has 3 rings (SSSR count). The normalized spacial score (nSPS) is 18.7. The van der Waals surface area contributed by atoms with Crippen molar-refractivity contribution in [3.05, 3.63) is 29.5 Å². The molecule has 6 nitrogen and oxygen atoms in total. The third-order valence-electron chi connectivity index (χ3n) is 4.65. The Morgan fingerprint density at radius 3 is 2.96 bits per heavy atom. The van der Waals surface area contributed by atoms with E-state index in [0.717, 1.165) is 30.6 Å². The van der Waals surface area contributed by atoms with E-state index in [2.05, 4.69) is 10.2 Å². The minimum atomic E-state index is -0.479. The molecule has 0 spiro atoms. The van der Waals surface area contributed by atoms with Gasteiger partial charge in [-0.2, -0.15) is 0 Å². The molecule has 0 aliphatic carbocycles. The predicted octanol–water partition coefficient (Wildman–Crippen LogP) is 2.41. The quantitative estimate of drug-likeness (QED) is 0.849. The third kappa shape index (κ3) is 3.25. The van der Waals surface area contributed by atoms with Crippen LogP contribution >= 0.6 is 0 Å². The molecule has 6 heteroatoms. The number of benzene rings is 1. The van der Waals surface area contributed by atoms with E-state index in [1.807, 2.05) is 19.2 Å². The molecule has 1 fully saturated rings. The second kappa shape index (κ2) is 7.23. The molecule has 1 aliphatic rings. The van der Waals surface area contributed by atoms with Crippen molar-refractivity contribution in [2.45, 2.75) is 25.4 Å². The molecule has 1 aromatic carbocycles. The van der Waals surface area contributed by atoms with Gasteiger partial charge in [0.05, 0.1) is 14.2 Å². The number of piperidine rings is 1. The van der Waals surface area contributed by atoms with Crippen molar-refractivity contribution in [1.29, 1.82) is 0 Å². The van der Waals surface area contributed by atoms with Crippen LogP contribution in [0.15, 0.2) is 22.6 Å². The third-order valence-corrected chi connectivity index (χ3v) is 4.65. The molecule has 1 unspecified atom stereocenters. The Hall–Kier alpha value is -2.05. The van der Waals surface area contributed by atoms with Crippen molar-refractivity contribution >= 4 is 16.9 Å². The standard InChI is InChI=1S/C18H24N2O4/c1-19-13-5-4-8-20(11-13)10-12-6-7-15(22-2)17-14(12)9-16(24-17)18(21)23-3/h6-7,9,13,19H,4-5,8,10-11H2,1-3H3. The van der Waals surface area contributed by atoms with E-state index >= 15 is 0 Å². The summed E-state index contributed by atoms with van der Waals surface area (Å²) in [5, 5.41) is 4.26. The minimum Gasteiger partial charge on any atom is -0.493 e. The first-order chi connectivity index (χ1) is 11.7. The first-order valence-electron chi connectivity index (χ1n) is 8.23. The average Bonchev–Trinajstić information content (AvgIpc) is 3.07. The highest BCUT2D eigenvalue weighted by molar-refractivity contribution is 5.95. The van der Waals surface area contributed by atoms with Gasteiger partial charge < -0.3 is 19.2 Å². The van der Waals surface area contributed by atoms with Gasteiger partial charge in [-0.1, -0.05) is 6.07 Å². The number of esters is 1. The molecule has 1 aliphatic heterocycles. The van der Waals surface area contributed by atoms with E-state index in [9.17, 15) is 4.79 Å². The van der Waals surface area contributed by atoms with Gasteiger partial charge in [0.2, 0.25) is 5.76 Å². The maximum absolute atomic E-state index is 11.8. The fraction of sp³-hybridized carbons (Fsp3) is 0.500. The van der Waals surface area contributed by atoms with Crippen molar-refractivity contribution in [3.63, 3.8) is 0 Å². The number of fused-ring (bicyclic) bond motifs is 1. The number of carbonyl (C=O) groups is 1. The molecule has 130 valence electrons. The molecular formula is C18H24N2O4. The Labute approximate surface area is 141 Å². The monoisotopic (exact) mass is 332 g/mol. The van der Waals surface area contributed by atoms with Gasteiger partial charge in [0.15, 0.2) is 11.3 Å². The molecule has 2 aromatic rings. The van der Waals surface area contributed by atoms with Gasteiger partial charge in [-0.15, -0.1) is 0 Å². The van der Waals surface area contributed by atoms with E-state index in [0.29, 0.717) is 17.4 Å². The highest BCUT2D eigenvalue weighted by Crippen LogP contribution is 2.32. The maximum Gasteiger partial charge on any atom is 0.373 e. The van der Waals surface area contributed by atoms with Gasteiger partial charge in [0.1, 0.15) is 0 Å². The molecule has 1 saturated heterocycles. The van der Waals surface area contributed by atoms with Gasteiger partial charge in [0.25, 0.3) is 0 Å². The van der Waals surface area contributed by atoms with Crippen LogP contribution in [0.2, 0.25) is 0 Å². The minimum absolute atomic E-state index is 0.199. The molecule has 0 amide bonds. The topological polar surface area (TPSA) is 63.9 Å². The van der Waals surface area contributed by atoms with Crippen molar-refractivity contribution in [2.24, 2.45) is 0 Å². The zero-order chi connectivity index (χ0) is 17.1. The van der Waals surface area contributed by atoms with E-state index in [1.165, 1.54) is 20.0 Å². The van der Waals surface area contributed by atoms with Crippen LogP contribution in [0.3, 0.4) is 0 Å². The summed E-state index contributed by atoms with van der Waals surface area (Å²) in [7, 11) is 4.95. The van der Waals surface area contributed by atoms with Crippen molar-refractivity contribution in [3.8, 4) is 5.75 Å². The van der Waals surface area contributed by atoms with Gasteiger partial charge in [-0.05, 0) is 44.1 Å². The van der Waals surface area contributed by atoms with Crippen LogP contribution in [0.5, 0.6) is 5.75 Å². The van der Waals surface area contributed by atoms with Crippen LogP contribution in [0.25, 0.3) is 11.0 Å². The lowest BCUT2D eigenvalue weighted by Gasteiger charge is -2.32. The van der Waals surface area contributed by atoms with Gasteiger partial charge >= 0.3 is 5.97 Å². The SMILES string of the molecule is CNC1CCCN(Cc2ccc(OC)c3oc(C(=O)OC)cc23)C1. The summed E-state index contributed by atoms with van der Waals surface area (Å²) in [5.74, 6) is 0.341. The zero-order valence-corrected chi connectivity index (χ0v) is 14.4. The smallest absolute Gasteiger partial charge is 0.373 e. The first-order valence-corrected chi connectivity index (χ1v) is 8.23. The fourth-order valence-corrected chi connectivity index (χ4v) is 3.33. The van der Waals surface area contributed by atoms with Crippen LogP contribution in [-0.2, 0) is 11.3 Å². The highest BCUT2D eigenvalue weighted by Gasteiger charge is 2.22. The predicted molar refractivity (Wildman–Crippen MR) is 91.5 cm³/mol. The van der Waals surface area contributed by atoms with Crippen molar-refractivity contribution in [2.75, 3.05) is 34.4 Å². The molecular weight excluding hydrogens is 308 g/mol. The largest absolute Gasteiger partial charge is 0.493 e. The maximum atomic E-state index is 11.8. The summed E-state index contributed by atoms with van der Waals surface area (Å²) in [6, 6.07) is 6.21.